The van der Waals surface area contributed by atoms with E-state index in [0.717, 1.165) is 11.1 Å². The minimum Gasteiger partial charge on any atom is -0.495 e. The number of aromatic nitrogens is 1. The fourth-order valence-electron chi connectivity index (χ4n) is 4.90. The molecule has 0 bridgehead atoms. The van der Waals surface area contributed by atoms with Crippen LogP contribution in [0.4, 0.5) is 28.9 Å². The van der Waals surface area contributed by atoms with Crippen LogP contribution in [0.25, 0.3) is 10.9 Å². The Hall–Kier alpha value is -3.95. The van der Waals surface area contributed by atoms with E-state index in [0.29, 0.717) is 59.7 Å². The molecular formula is C30H35F4N5O3. The smallest absolute Gasteiger partial charge is 0.406 e. The molecule has 4 rings (SSSR count). The number of carbonyl (C=O) groups excluding carboxylic acids is 1. The number of nitrogens with one attached hydrogen (secondary N) is 3. The van der Waals surface area contributed by atoms with Crippen molar-refractivity contribution in [2.24, 2.45) is 0 Å². The van der Waals surface area contributed by atoms with Crippen LogP contribution < -0.4 is 20.7 Å². The van der Waals surface area contributed by atoms with Gasteiger partial charge in [-0.3, -0.25) is 4.79 Å². The van der Waals surface area contributed by atoms with Gasteiger partial charge in [0.25, 0.3) is 5.91 Å². The second-order valence-electron chi connectivity index (χ2n) is 10.1. The highest BCUT2D eigenvalue weighted by molar-refractivity contribution is 5.95. The van der Waals surface area contributed by atoms with Gasteiger partial charge in [0.2, 0.25) is 0 Å². The number of carbonyl (C=O) groups is 1. The van der Waals surface area contributed by atoms with Crippen LogP contribution in [0.2, 0.25) is 0 Å². The number of anilines is 2. The normalized spacial score (nSPS) is 17.4. The molecule has 1 aliphatic heterocycles. The van der Waals surface area contributed by atoms with Gasteiger partial charge in [-0.25, -0.2) is 4.39 Å². The van der Waals surface area contributed by atoms with Crippen molar-refractivity contribution in [3.8, 4) is 17.6 Å². The van der Waals surface area contributed by atoms with Crippen molar-refractivity contribution < 1.29 is 31.8 Å². The number of amides is 1. The highest BCUT2D eigenvalue weighted by atomic mass is 19.4. The van der Waals surface area contributed by atoms with E-state index in [1.807, 2.05) is 11.9 Å². The molecule has 0 saturated carbocycles. The number of ether oxygens (including phenoxy) is 2. The number of nitrogens with zero attached hydrogens (tertiary/aromatic N) is 2. The molecule has 226 valence electrons. The zero-order chi connectivity index (χ0) is 30.3. The highest BCUT2D eigenvalue weighted by Gasteiger charge is 2.31. The molecule has 12 heteroatoms. The predicted molar refractivity (Wildman–Crippen MR) is 155 cm³/mol. The quantitative estimate of drug-likeness (QED) is 0.184. The lowest BCUT2D eigenvalue weighted by Gasteiger charge is -2.33. The van der Waals surface area contributed by atoms with Gasteiger partial charge in [0.15, 0.2) is 0 Å². The Morgan fingerprint density at radius 1 is 1.14 bits per heavy atom. The standard InChI is InChI=1S/C30H35F4N5O3/c1-38-14-11-25(23(31)18-38)37-24-7-4-8-27-22(24)17-21(39(27)19-30(32,33)34)6-5-12-35-26-10-9-20(16-28(26)42-3)29(40)36-13-15-41-2/h4,7-10,16-17,23,25,35,37H,11-15,18-19H2,1-3H3,(H,36,40)/t23-,25+/m1/s1. The summed E-state index contributed by atoms with van der Waals surface area (Å²) in [7, 11) is 4.87. The minimum atomic E-state index is -4.47. The van der Waals surface area contributed by atoms with Crippen molar-refractivity contribution in [1.82, 2.24) is 14.8 Å². The van der Waals surface area contributed by atoms with E-state index in [4.69, 9.17) is 9.47 Å². The molecule has 3 aromatic rings. The molecule has 0 unspecified atom stereocenters. The van der Waals surface area contributed by atoms with Gasteiger partial charge in [0.1, 0.15) is 18.5 Å². The van der Waals surface area contributed by atoms with Gasteiger partial charge >= 0.3 is 6.18 Å². The van der Waals surface area contributed by atoms with Crippen LogP contribution in [0, 0.1) is 11.8 Å². The number of likely N-dealkylation sites (tertiary alicyclic amines) is 1. The Morgan fingerprint density at radius 2 is 1.95 bits per heavy atom. The molecule has 1 amide bonds. The van der Waals surface area contributed by atoms with Gasteiger partial charge in [-0.2, -0.15) is 13.2 Å². The van der Waals surface area contributed by atoms with Crippen LogP contribution in [0.5, 0.6) is 5.75 Å². The first-order valence-corrected chi connectivity index (χ1v) is 13.6. The second kappa shape index (κ2) is 13.8. The first kappa shape index (κ1) is 31.0. The van der Waals surface area contributed by atoms with Crippen LogP contribution >= 0.6 is 0 Å². The van der Waals surface area contributed by atoms with Gasteiger partial charge in [0.05, 0.1) is 43.2 Å². The van der Waals surface area contributed by atoms with E-state index < -0.39 is 24.9 Å². The number of halogens is 4. The monoisotopic (exact) mass is 589 g/mol. The van der Waals surface area contributed by atoms with E-state index in [2.05, 4.69) is 27.8 Å². The minimum absolute atomic E-state index is 0.105. The van der Waals surface area contributed by atoms with Gasteiger partial charge in [-0.15, -0.1) is 0 Å². The number of methoxy groups -OCH3 is 2. The molecule has 2 atom stereocenters. The van der Waals surface area contributed by atoms with Gasteiger partial charge in [-0.05, 0) is 55.8 Å². The Bertz CT molecular complexity index is 1450. The molecule has 1 fully saturated rings. The van der Waals surface area contributed by atoms with Crippen LogP contribution in [-0.4, -0.2) is 87.8 Å². The average Bonchev–Trinajstić information content (AvgIpc) is 3.29. The molecule has 0 aliphatic carbocycles. The number of alkyl halides is 4. The molecule has 3 N–H and O–H groups in total. The molecule has 2 heterocycles. The van der Waals surface area contributed by atoms with E-state index in [-0.39, 0.29) is 18.1 Å². The van der Waals surface area contributed by atoms with Crippen molar-refractivity contribution >= 4 is 28.2 Å². The summed E-state index contributed by atoms with van der Waals surface area (Å²) >= 11 is 0. The number of hydrogen-bond donors (Lipinski definition) is 3. The van der Waals surface area contributed by atoms with Gasteiger partial charge < -0.3 is 34.9 Å². The van der Waals surface area contributed by atoms with Crippen LogP contribution in [0.3, 0.4) is 0 Å². The van der Waals surface area contributed by atoms with Crippen molar-refractivity contribution in [2.45, 2.75) is 31.4 Å². The van der Waals surface area contributed by atoms with Crippen molar-refractivity contribution in [2.75, 3.05) is 64.7 Å². The largest absolute Gasteiger partial charge is 0.495 e. The Balaban J connectivity index is 1.54. The third kappa shape index (κ3) is 7.86. The maximum absolute atomic E-state index is 14.7. The molecule has 0 spiro atoms. The van der Waals surface area contributed by atoms with E-state index in [9.17, 15) is 22.4 Å². The number of fused-ring (bicyclic) bond motifs is 1. The molecular weight excluding hydrogens is 554 g/mol. The lowest BCUT2D eigenvalue weighted by molar-refractivity contribution is -0.140. The number of benzene rings is 2. The summed E-state index contributed by atoms with van der Waals surface area (Å²) in [4.78, 5) is 14.2. The first-order valence-electron chi connectivity index (χ1n) is 13.6. The second-order valence-corrected chi connectivity index (χ2v) is 10.1. The van der Waals surface area contributed by atoms with E-state index in [1.54, 1.807) is 49.6 Å². The summed E-state index contributed by atoms with van der Waals surface area (Å²) in [5, 5.41) is 9.59. The number of piperidine rings is 1. The molecule has 1 aliphatic rings. The summed E-state index contributed by atoms with van der Waals surface area (Å²) < 4.78 is 66.8. The van der Waals surface area contributed by atoms with E-state index in [1.165, 1.54) is 7.11 Å². The summed E-state index contributed by atoms with van der Waals surface area (Å²) in [6, 6.07) is 11.1. The molecule has 1 aromatic heterocycles. The molecule has 0 radical (unpaired) electrons. The molecule has 8 nitrogen and oxygen atoms in total. The summed E-state index contributed by atoms with van der Waals surface area (Å²) in [5.41, 5.74) is 2.09. The number of hydrogen-bond acceptors (Lipinski definition) is 6. The molecule has 1 saturated heterocycles. The zero-order valence-corrected chi connectivity index (χ0v) is 23.8. The van der Waals surface area contributed by atoms with Crippen molar-refractivity contribution in [3.63, 3.8) is 0 Å². The van der Waals surface area contributed by atoms with E-state index >= 15 is 0 Å². The Morgan fingerprint density at radius 3 is 2.67 bits per heavy atom. The van der Waals surface area contributed by atoms with Crippen LogP contribution in [0.1, 0.15) is 22.5 Å². The Kier molecular flexibility index (Phi) is 10.2. The fraction of sp³-hybridized carbons (Fsp3) is 0.433. The van der Waals surface area contributed by atoms with Gasteiger partial charge in [0, 0.05) is 43.4 Å². The zero-order valence-electron chi connectivity index (χ0n) is 23.8. The third-order valence-corrected chi connectivity index (χ3v) is 7.01. The molecule has 2 aromatic carbocycles. The fourth-order valence-corrected chi connectivity index (χ4v) is 4.90. The lowest BCUT2D eigenvalue weighted by atomic mass is 10.0. The number of rotatable bonds is 10. The maximum Gasteiger partial charge on any atom is 0.406 e. The average molecular weight is 590 g/mol. The maximum atomic E-state index is 14.7. The summed E-state index contributed by atoms with van der Waals surface area (Å²) in [5.74, 6) is 5.89. The Labute approximate surface area is 242 Å². The highest BCUT2D eigenvalue weighted by Crippen LogP contribution is 2.32. The molecule has 42 heavy (non-hydrogen) atoms. The first-order chi connectivity index (χ1) is 20.1. The van der Waals surface area contributed by atoms with Crippen LogP contribution in [-0.2, 0) is 11.3 Å². The SMILES string of the molecule is COCCNC(=O)c1ccc(NCC#Cc2cc3c(N[C@H]4CCN(C)C[C@H]4F)cccc3n2CC(F)(F)F)c(OC)c1. The van der Waals surface area contributed by atoms with Crippen molar-refractivity contribution in [1.29, 1.82) is 0 Å². The topological polar surface area (TPSA) is 79.8 Å². The lowest BCUT2D eigenvalue weighted by Crippen LogP contribution is -2.46. The van der Waals surface area contributed by atoms with Gasteiger partial charge in [-0.1, -0.05) is 12.0 Å². The predicted octanol–water partition coefficient (Wildman–Crippen LogP) is 4.51. The summed E-state index contributed by atoms with van der Waals surface area (Å²) in [6.07, 6.45) is -4.98. The van der Waals surface area contributed by atoms with Crippen LogP contribution in [0.15, 0.2) is 42.5 Å². The summed E-state index contributed by atoms with van der Waals surface area (Å²) in [6.45, 7) is 0.665. The third-order valence-electron chi connectivity index (χ3n) is 7.01. The van der Waals surface area contributed by atoms with Crippen molar-refractivity contribution in [3.05, 3.63) is 53.7 Å².